The molecule has 0 saturated heterocycles. The van der Waals surface area contributed by atoms with E-state index in [1.54, 1.807) is 19.2 Å². The van der Waals surface area contributed by atoms with Crippen molar-refractivity contribution in [2.45, 2.75) is 31.8 Å². The van der Waals surface area contributed by atoms with Gasteiger partial charge in [0.25, 0.3) is 11.5 Å². The van der Waals surface area contributed by atoms with Crippen LogP contribution in [0.1, 0.15) is 31.4 Å². The van der Waals surface area contributed by atoms with Gasteiger partial charge in [-0.2, -0.15) is 0 Å². The number of nitrogens with one attached hydrogen (secondary N) is 3. The predicted molar refractivity (Wildman–Crippen MR) is 110 cm³/mol. The van der Waals surface area contributed by atoms with E-state index >= 15 is 0 Å². The molecule has 0 aliphatic rings. The fourth-order valence-corrected chi connectivity index (χ4v) is 5.77. The molecule has 148 valence electrons. The molecule has 0 radical (unpaired) electrons. The van der Waals surface area contributed by atoms with Crippen molar-refractivity contribution in [3.8, 4) is 0 Å². The van der Waals surface area contributed by atoms with E-state index in [4.69, 9.17) is 0 Å². The average Bonchev–Trinajstić information content (AvgIpc) is 3.31. The first-order valence-electron chi connectivity index (χ1n) is 8.35. The number of pyridine rings is 1. The highest BCUT2D eigenvalue weighted by atomic mass is 32.2. The molecule has 0 aliphatic heterocycles. The van der Waals surface area contributed by atoms with Crippen LogP contribution >= 0.6 is 22.7 Å². The fourth-order valence-electron chi connectivity index (χ4n) is 2.68. The van der Waals surface area contributed by atoms with E-state index in [2.05, 4.69) is 15.0 Å². The first kappa shape index (κ1) is 20.5. The maximum Gasteiger partial charge on any atom is 0.263 e. The molecule has 3 aromatic rings. The molecule has 0 bridgehead atoms. The molecule has 3 heterocycles. The van der Waals surface area contributed by atoms with Crippen LogP contribution in [0, 0.1) is 13.8 Å². The van der Waals surface area contributed by atoms with E-state index in [9.17, 15) is 18.0 Å². The SMILES string of the molecule is Cc1cc(C)c(CNC(=O)c2sccc2S(=O)(=O)NCc2cccs2)c(=O)[nH]1. The number of aryl methyl sites for hydroxylation is 2. The van der Waals surface area contributed by atoms with Gasteiger partial charge in [-0.3, -0.25) is 9.59 Å². The van der Waals surface area contributed by atoms with Gasteiger partial charge in [-0.15, -0.1) is 22.7 Å². The van der Waals surface area contributed by atoms with Crippen LogP contribution in [0.2, 0.25) is 0 Å². The van der Waals surface area contributed by atoms with Crippen molar-refractivity contribution >= 4 is 38.6 Å². The van der Waals surface area contributed by atoms with Crippen LogP contribution in [0.5, 0.6) is 0 Å². The highest BCUT2D eigenvalue weighted by Crippen LogP contribution is 2.22. The molecule has 0 saturated carbocycles. The summed E-state index contributed by atoms with van der Waals surface area (Å²) in [6.07, 6.45) is 0. The van der Waals surface area contributed by atoms with Gasteiger partial charge in [-0.1, -0.05) is 6.07 Å². The maximum atomic E-state index is 12.6. The van der Waals surface area contributed by atoms with E-state index in [-0.39, 0.29) is 28.4 Å². The number of hydrogen-bond donors (Lipinski definition) is 3. The second-order valence-electron chi connectivity index (χ2n) is 6.14. The Morgan fingerprint density at radius 3 is 2.61 bits per heavy atom. The van der Waals surface area contributed by atoms with E-state index < -0.39 is 15.9 Å². The molecule has 0 atom stereocenters. The summed E-state index contributed by atoms with van der Waals surface area (Å²) in [5.41, 5.74) is 1.67. The fraction of sp³-hybridized carbons (Fsp3) is 0.222. The van der Waals surface area contributed by atoms with Crippen LogP contribution in [0.25, 0.3) is 0 Å². The smallest absolute Gasteiger partial charge is 0.263 e. The molecule has 10 heteroatoms. The Morgan fingerprint density at radius 1 is 1.14 bits per heavy atom. The van der Waals surface area contributed by atoms with Crippen molar-refractivity contribution in [1.29, 1.82) is 0 Å². The van der Waals surface area contributed by atoms with Crippen molar-refractivity contribution < 1.29 is 13.2 Å². The van der Waals surface area contributed by atoms with Crippen LogP contribution in [0.15, 0.2) is 44.7 Å². The van der Waals surface area contributed by atoms with Crippen molar-refractivity contribution in [2.24, 2.45) is 0 Å². The molecule has 3 rings (SSSR count). The number of amides is 1. The van der Waals surface area contributed by atoms with Crippen LogP contribution < -0.4 is 15.6 Å². The highest BCUT2D eigenvalue weighted by molar-refractivity contribution is 7.89. The topological polar surface area (TPSA) is 108 Å². The number of sulfonamides is 1. The van der Waals surface area contributed by atoms with Gasteiger partial charge in [0.05, 0.1) is 0 Å². The molecule has 1 amide bonds. The highest BCUT2D eigenvalue weighted by Gasteiger charge is 2.24. The normalized spacial score (nSPS) is 11.5. The molecular weight excluding hydrogens is 418 g/mol. The summed E-state index contributed by atoms with van der Waals surface area (Å²) in [4.78, 5) is 28.2. The summed E-state index contributed by atoms with van der Waals surface area (Å²) in [5.74, 6) is -0.536. The Hall–Kier alpha value is -2.27. The summed E-state index contributed by atoms with van der Waals surface area (Å²) < 4.78 is 27.7. The van der Waals surface area contributed by atoms with E-state index in [1.165, 1.54) is 17.4 Å². The lowest BCUT2D eigenvalue weighted by atomic mass is 10.1. The Labute approximate surface area is 170 Å². The summed E-state index contributed by atoms with van der Waals surface area (Å²) in [7, 11) is -3.84. The second kappa shape index (κ2) is 8.39. The monoisotopic (exact) mass is 437 g/mol. The van der Waals surface area contributed by atoms with Gasteiger partial charge < -0.3 is 10.3 Å². The molecule has 28 heavy (non-hydrogen) atoms. The van der Waals surface area contributed by atoms with Crippen LogP contribution in [0.4, 0.5) is 0 Å². The molecule has 0 unspecified atom stereocenters. The predicted octanol–water partition coefficient (Wildman–Crippen LogP) is 2.52. The van der Waals surface area contributed by atoms with Gasteiger partial charge in [0.1, 0.15) is 9.77 Å². The number of thiophene rings is 2. The third-order valence-electron chi connectivity index (χ3n) is 4.06. The van der Waals surface area contributed by atoms with Gasteiger partial charge >= 0.3 is 0 Å². The third-order valence-corrected chi connectivity index (χ3v) is 7.42. The standard InChI is InChI=1S/C18H19N3O4S3/c1-11-8-12(2)21-17(22)14(11)10-19-18(23)16-15(5-7-27-16)28(24,25)20-9-13-4-3-6-26-13/h3-8,20H,9-10H2,1-2H3,(H,19,23)(H,21,22). The van der Waals surface area contributed by atoms with E-state index in [0.29, 0.717) is 5.56 Å². The van der Waals surface area contributed by atoms with E-state index in [1.807, 2.05) is 23.6 Å². The minimum Gasteiger partial charge on any atom is -0.347 e. The van der Waals surface area contributed by atoms with Crippen LogP contribution in [-0.2, 0) is 23.1 Å². The summed E-state index contributed by atoms with van der Waals surface area (Å²) in [6.45, 7) is 3.75. The van der Waals surface area contributed by atoms with Crippen molar-refractivity contribution in [2.75, 3.05) is 0 Å². The van der Waals surface area contributed by atoms with Crippen molar-refractivity contribution in [3.63, 3.8) is 0 Å². The van der Waals surface area contributed by atoms with Gasteiger partial charge in [0.15, 0.2) is 0 Å². The lowest BCUT2D eigenvalue weighted by Gasteiger charge is -2.09. The largest absolute Gasteiger partial charge is 0.347 e. The van der Waals surface area contributed by atoms with Gasteiger partial charge in [-0.05, 0) is 48.4 Å². The minimum atomic E-state index is -3.84. The van der Waals surface area contributed by atoms with Gasteiger partial charge in [0.2, 0.25) is 10.0 Å². The molecular formula is C18H19N3O4S3. The molecule has 0 aromatic carbocycles. The Morgan fingerprint density at radius 2 is 1.93 bits per heavy atom. The number of carbonyl (C=O) groups is 1. The number of rotatable bonds is 7. The van der Waals surface area contributed by atoms with Crippen molar-refractivity contribution in [1.82, 2.24) is 15.0 Å². The molecule has 0 aliphatic carbocycles. The van der Waals surface area contributed by atoms with Gasteiger partial charge in [-0.25, -0.2) is 13.1 Å². The first-order chi connectivity index (χ1) is 13.3. The summed E-state index contributed by atoms with van der Waals surface area (Å²) in [5, 5.41) is 6.06. The molecule has 3 aromatic heterocycles. The number of aromatic amines is 1. The zero-order valence-corrected chi connectivity index (χ0v) is 17.7. The summed E-state index contributed by atoms with van der Waals surface area (Å²) >= 11 is 2.48. The van der Waals surface area contributed by atoms with E-state index in [0.717, 1.165) is 27.5 Å². The van der Waals surface area contributed by atoms with Crippen LogP contribution in [0.3, 0.4) is 0 Å². The van der Waals surface area contributed by atoms with Crippen molar-refractivity contribution in [3.05, 3.63) is 72.0 Å². The quantitative estimate of drug-likeness (QED) is 0.528. The third kappa shape index (κ3) is 4.58. The Balaban J connectivity index is 1.74. The molecule has 3 N–H and O–H groups in total. The lowest BCUT2D eigenvalue weighted by molar-refractivity contribution is 0.0952. The zero-order valence-electron chi connectivity index (χ0n) is 15.2. The first-order valence-corrected chi connectivity index (χ1v) is 11.6. The lowest BCUT2D eigenvalue weighted by Crippen LogP contribution is -2.29. The van der Waals surface area contributed by atoms with Crippen LogP contribution in [-0.4, -0.2) is 19.3 Å². The zero-order chi connectivity index (χ0) is 20.3. The maximum absolute atomic E-state index is 12.6. The Kier molecular flexibility index (Phi) is 6.14. The number of carbonyl (C=O) groups excluding carboxylic acids is 1. The second-order valence-corrected chi connectivity index (χ2v) is 9.83. The molecule has 0 spiro atoms. The Bertz CT molecular complexity index is 1150. The minimum absolute atomic E-state index is 0.0142. The number of aromatic nitrogens is 1. The average molecular weight is 438 g/mol. The van der Waals surface area contributed by atoms with Gasteiger partial charge in [0, 0.05) is 29.2 Å². The number of hydrogen-bond acceptors (Lipinski definition) is 6. The molecule has 0 fully saturated rings. The summed E-state index contributed by atoms with van der Waals surface area (Å²) in [6, 6.07) is 6.89. The number of H-pyrrole nitrogens is 1. The molecule has 7 nitrogen and oxygen atoms in total.